The van der Waals surface area contributed by atoms with E-state index in [0.717, 1.165) is 0 Å². The molecule has 4 rings (SSSR count). The van der Waals surface area contributed by atoms with Crippen molar-refractivity contribution in [2.75, 3.05) is 14.2 Å². The van der Waals surface area contributed by atoms with Gasteiger partial charge >= 0.3 is 0 Å². The van der Waals surface area contributed by atoms with E-state index < -0.39 is 23.5 Å². The van der Waals surface area contributed by atoms with Crippen LogP contribution in [0.4, 0.5) is 0 Å². The number of aliphatic hydroxyl groups is 1. The number of para-hydroxylation sites is 1. The van der Waals surface area contributed by atoms with Crippen LogP contribution in [-0.4, -0.2) is 42.0 Å². The summed E-state index contributed by atoms with van der Waals surface area (Å²) in [4.78, 5) is 28.4. The summed E-state index contributed by atoms with van der Waals surface area (Å²) in [5, 5.41) is 11.9. The fourth-order valence-electron chi connectivity index (χ4n) is 4.53. The Kier molecular flexibility index (Phi) is 8.19. The zero-order valence-corrected chi connectivity index (χ0v) is 22.8. The van der Waals surface area contributed by atoms with Crippen LogP contribution in [0.1, 0.15) is 36.6 Å². The fourth-order valence-corrected chi connectivity index (χ4v) is 5.10. The van der Waals surface area contributed by atoms with Crippen LogP contribution in [0.15, 0.2) is 66.2 Å². The van der Waals surface area contributed by atoms with E-state index in [2.05, 4.69) is 0 Å². The van der Waals surface area contributed by atoms with Gasteiger partial charge in [0.15, 0.2) is 0 Å². The van der Waals surface area contributed by atoms with Gasteiger partial charge in [0.05, 0.1) is 49.1 Å². The van der Waals surface area contributed by atoms with Crippen molar-refractivity contribution in [2.24, 2.45) is 0 Å². The minimum Gasteiger partial charge on any atom is -0.507 e. The maximum atomic E-state index is 13.5. The van der Waals surface area contributed by atoms with Crippen molar-refractivity contribution < 1.29 is 28.9 Å². The van der Waals surface area contributed by atoms with E-state index in [-0.39, 0.29) is 39.6 Å². The third kappa shape index (κ3) is 5.30. The van der Waals surface area contributed by atoms with Crippen molar-refractivity contribution in [3.8, 4) is 17.2 Å². The van der Waals surface area contributed by atoms with E-state index in [1.54, 1.807) is 30.3 Å². The number of benzene rings is 3. The highest BCUT2D eigenvalue weighted by Crippen LogP contribution is 2.44. The second-order valence-electron chi connectivity index (χ2n) is 8.95. The average Bonchev–Trinajstić information content (AvgIpc) is 3.13. The molecule has 3 aromatic rings. The number of aliphatic hydroxyl groups excluding tert-OH is 1. The number of halogens is 2. The lowest BCUT2D eigenvalue weighted by Gasteiger charge is -2.26. The number of ether oxygens (including phenoxy) is 3. The number of likely N-dealkylation sites (tertiary alicyclic amines) is 1. The second kappa shape index (κ2) is 11.4. The number of hydrogen-bond acceptors (Lipinski definition) is 6. The molecule has 198 valence electrons. The molecule has 9 heteroatoms. The lowest BCUT2D eigenvalue weighted by atomic mass is 9.94. The van der Waals surface area contributed by atoms with Crippen LogP contribution >= 0.6 is 23.2 Å². The molecular weight excluding hydrogens is 529 g/mol. The lowest BCUT2D eigenvalue weighted by molar-refractivity contribution is -0.140. The molecule has 1 unspecified atom stereocenters. The third-order valence-corrected chi connectivity index (χ3v) is 6.59. The van der Waals surface area contributed by atoms with Crippen LogP contribution in [-0.2, 0) is 16.1 Å². The monoisotopic (exact) mass is 555 g/mol. The van der Waals surface area contributed by atoms with Crippen LogP contribution in [0.3, 0.4) is 0 Å². The van der Waals surface area contributed by atoms with E-state index in [1.807, 2.05) is 32.0 Å². The van der Waals surface area contributed by atoms with E-state index >= 15 is 0 Å². The lowest BCUT2D eigenvalue weighted by Crippen LogP contribution is -2.29. The number of Topliss-reactive ketones (excluding diaryl/α,β-unsaturated/α-hetero) is 1. The van der Waals surface area contributed by atoms with Crippen LogP contribution in [0.5, 0.6) is 17.2 Å². The van der Waals surface area contributed by atoms with Crippen molar-refractivity contribution in [3.05, 3.63) is 93.0 Å². The highest BCUT2D eigenvalue weighted by molar-refractivity contribution is 6.46. The van der Waals surface area contributed by atoms with Gasteiger partial charge in [-0.25, -0.2) is 0 Å². The largest absolute Gasteiger partial charge is 0.507 e. The molecule has 0 radical (unpaired) electrons. The summed E-state index contributed by atoms with van der Waals surface area (Å²) < 4.78 is 16.7. The van der Waals surface area contributed by atoms with E-state index in [0.29, 0.717) is 22.6 Å². The molecule has 1 amide bonds. The molecule has 1 atom stereocenters. The number of amides is 1. The van der Waals surface area contributed by atoms with Gasteiger partial charge in [-0.1, -0.05) is 53.5 Å². The molecule has 38 heavy (non-hydrogen) atoms. The van der Waals surface area contributed by atoms with E-state index in [9.17, 15) is 14.7 Å². The first kappa shape index (κ1) is 27.4. The molecule has 0 spiro atoms. The van der Waals surface area contributed by atoms with Crippen LogP contribution in [0.25, 0.3) is 5.76 Å². The van der Waals surface area contributed by atoms with Gasteiger partial charge in [0.1, 0.15) is 23.0 Å². The summed E-state index contributed by atoms with van der Waals surface area (Å²) in [6.45, 7) is 3.85. The fraction of sp³-hybridized carbons (Fsp3) is 0.241. The Balaban J connectivity index is 1.94. The van der Waals surface area contributed by atoms with E-state index in [4.69, 9.17) is 37.4 Å². The van der Waals surface area contributed by atoms with Crippen LogP contribution in [0.2, 0.25) is 10.0 Å². The summed E-state index contributed by atoms with van der Waals surface area (Å²) in [6, 6.07) is 16.3. The maximum Gasteiger partial charge on any atom is 0.295 e. The molecule has 1 fully saturated rings. The average molecular weight is 556 g/mol. The summed E-state index contributed by atoms with van der Waals surface area (Å²) in [7, 11) is 2.92. The number of nitrogens with zero attached hydrogens (tertiary/aromatic N) is 1. The predicted molar refractivity (Wildman–Crippen MR) is 146 cm³/mol. The Labute approximate surface area is 231 Å². The van der Waals surface area contributed by atoms with Crippen molar-refractivity contribution in [2.45, 2.75) is 32.5 Å². The summed E-state index contributed by atoms with van der Waals surface area (Å²) >= 11 is 12.5. The van der Waals surface area contributed by atoms with Gasteiger partial charge in [-0.05, 0) is 49.7 Å². The zero-order chi connectivity index (χ0) is 27.6. The van der Waals surface area contributed by atoms with Crippen LogP contribution < -0.4 is 14.2 Å². The van der Waals surface area contributed by atoms with Gasteiger partial charge in [0, 0.05) is 10.6 Å². The molecular formula is C29H27Cl2NO6. The van der Waals surface area contributed by atoms with Gasteiger partial charge in [0.25, 0.3) is 11.7 Å². The van der Waals surface area contributed by atoms with Gasteiger partial charge in [-0.2, -0.15) is 0 Å². The van der Waals surface area contributed by atoms with Gasteiger partial charge in [0.2, 0.25) is 0 Å². The molecule has 0 saturated carbocycles. The van der Waals surface area contributed by atoms with Crippen molar-refractivity contribution in [3.63, 3.8) is 0 Å². The molecule has 1 saturated heterocycles. The van der Waals surface area contributed by atoms with Crippen LogP contribution in [0, 0.1) is 0 Å². The highest BCUT2D eigenvalue weighted by Gasteiger charge is 2.46. The molecule has 1 N–H and O–H groups in total. The smallest absolute Gasteiger partial charge is 0.295 e. The molecule has 0 aromatic heterocycles. The number of hydrogen-bond donors (Lipinski definition) is 1. The number of carbonyl (C=O) groups is 2. The van der Waals surface area contributed by atoms with Gasteiger partial charge in [-0.3, -0.25) is 9.59 Å². The SMILES string of the molecule is COc1ccccc1CN1C(=O)C(=O)/C(=C(/O)c2cc(Cl)cc(Cl)c2OC)C1c1cccc(OC(C)C)c1. The summed E-state index contributed by atoms with van der Waals surface area (Å²) in [6.07, 6.45) is -0.0944. The van der Waals surface area contributed by atoms with Crippen molar-refractivity contribution in [1.29, 1.82) is 0 Å². The Morgan fingerprint density at radius 1 is 1.00 bits per heavy atom. The van der Waals surface area contributed by atoms with Gasteiger partial charge in [-0.15, -0.1) is 0 Å². The van der Waals surface area contributed by atoms with Gasteiger partial charge < -0.3 is 24.2 Å². The molecule has 1 aliphatic rings. The Morgan fingerprint density at radius 3 is 2.42 bits per heavy atom. The highest BCUT2D eigenvalue weighted by atomic mass is 35.5. The summed E-state index contributed by atoms with van der Waals surface area (Å²) in [5.41, 5.74) is 1.24. The topological polar surface area (TPSA) is 85.3 Å². The number of ketones is 1. The first-order chi connectivity index (χ1) is 18.2. The standard InChI is InChI=1S/C29H27Cl2NO6/c1-16(2)38-20-10-7-9-17(12-20)25-24(26(33)21-13-19(30)14-22(31)28(21)37-4)27(34)29(35)32(25)15-18-8-5-6-11-23(18)36-3/h5-14,16,25,33H,15H2,1-4H3/b26-24+. The Bertz CT molecular complexity index is 1420. The molecule has 7 nitrogen and oxygen atoms in total. The molecule has 3 aromatic carbocycles. The Hall–Kier alpha value is -3.68. The number of carbonyl (C=O) groups excluding carboxylic acids is 2. The minimum atomic E-state index is -0.946. The van der Waals surface area contributed by atoms with Crippen molar-refractivity contribution >= 4 is 40.7 Å². The number of methoxy groups -OCH3 is 2. The second-order valence-corrected chi connectivity index (χ2v) is 9.79. The molecule has 0 bridgehead atoms. The quantitative estimate of drug-likeness (QED) is 0.196. The Morgan fingerprint density at radius 2 is 1.74 bits per heavy atom. The first-order valence-corrected chi connectivity index (χ1v) is 12.6. The first-order valence-electron chi connectivity index (χ1n) is 11.9. The third-order valence-electron chi connectivity index (χ3n) is 6.09. The summed E-state index contributed by atoms with van der Waals surface area (Å²) in [5.74, 6) is -0.829. The molecule has 0 aliphatic carbocycles. The predicted octanol–water partition coefficient (Wildman–Crippen LogP) is 6.42. The maximum absolute atomic E-state index is 13.5. The van der Waals surface area contributed by atoms with Crippen molar-refractivity contribution in [1.82, 2.24) is 4.90 Å². The minimum absolute atomic E-state index is 0.0543. The molecule has 1 heterocycles. The van der Waals surface area contributed by atoms with E-state index in [1.165, 1.54) is 31.3 Å². The zero-order valence-electron chi connectivity index (χ0n) is 21.3. The molecule has 1 aliphatic heterocycles. The normalized spacial score (nSPS) is 16.7. The number of rotatable bonds is 8.